The number of nitrogens with zero attached hydrogens (tertiary/aromatic N) is 1. The van der Waals surface area contributed by atoms with Crippen LogP contribution in [0.2, 0.25) is 0 Å². The molecule has 1 nitrogen and oxygen atoms in total. The average Bonchev–Trinajstić information content (AvgIpc) is 2.47. The second kappa shape index (κ2) is 3.33. The van der Waals surface area contributed by atoms with Gasteiger partial charge in [0.2, 0.25) is 0 Å². The fraction of sp³-hybridized carbons (Fsp3) is 0.231. The lowest BCUT2D eigenvalue weighted by molar-refractivity contribution is 0.566. The Bertz CT molecular complexity index is 411. The third-order valence-corrected chi connectivity index (χ3v) is 2.36. The van der Waals surface area contributed by atoms with Crippen molar-refractivity contribution in [3.8, 4) is 0 Å². The summed E-state index contributed by atoms with van der Waals surface area (Å²) in [6.07, 6.45) is 6.50. The van der Waals surface area contributed by atoms with Crippen LogP contribution in [0.4, 0.5) is 0 Å². The molecule has 0 N–H and O–H groups in total. The molecule has 0 saturated carbocycles. The summed E-state index contributed by atoms with van der Waals surface area (Å²) in [5.74, 6) is 0. The van der Waals surface area contributed by atoms with Crippen molar-refractivity contribution in [3.63, 3.8) is 0 Å². The topological polar surface area (TPSA) is 3.24 Å². The van der Waals surface area contributed by atoms with Crippen LogP contribution in [-0.2, 0) is 0 Å². The molecule has 0 atom stereocenters. The summed E-state index contributed by atoms with van der Waals surface area (Å²) >= 11 is 0. The van der Waals surface area contributed by atoms with Crippen LogP contribution < -0.4 is 0 Å². The van der Waals surface area contributed by atoms with Crippen LogP contribution >= 0.6 is 0 Å². The smallest absolute Gasteiger partial charge is 0.00649 e. The quantitative estimate of drug-likeness (QED) is 0.650. The van der Waals surface area contributed by atoms with Gasteiger partial charge in [0.05, 0.1) is 0 Å². The molecule has 0 bridgehead atoms. The van der Waals surface area contributed by atoms with E-state index in [1.165, 1.54) is 22.3 Å². The lowest BCUT2D eigenvalue weighted by Gasteiger charge is -2.08. The molecular formula is C13H15N. The van der Waals surface area contributed by atoms with Gasteiger partial charge in [-0.2, -0.15) is 0 Å². The maximum atomic E-state index is 2.24. The predicted molar refractivity (Wildman–Crippen MR) is 61.9 cm³/mol. The number of allylic oxidation sites excluding steroid dienone is 2. The standard InChI is InChI=1S/C13H15N/c1-10-4-5-11-6-7-12(9-14(2)3)13(11)8-10/h4-9H,1-3H3/b12-9+. The molecule has 2 rings (SSSR count). The van der Waals surface area contributed by atoms with Gasteiger partial charge in [0.25, 0.3) is 0 Å². The fourth-order valence-electron chi connectivity index (χ4n) is 1.73. The molecule has 1 aliphatic rings. The molecule has 0 spiro atoms. The molecule has 1 aromatic carbocycles. The van der Waals surface area contributed by atoms with Gasteiger partial charge in [-0.3, -0.25) is 0 Å². The van der Waals surface area contributed by atoms with Gasteiger partial charge in [-0.1, -0.05) is 35.9 Å². The van der Waals surface area contributed by atoms with E-state index in [-0.39, 0.29) is 0 Å². The number of aryl methyl sites for hydroxylation is 1. The molecule has 1 aliphatic carbocycles. The lowest BCUT2D eigenvalue weighted by atomic mass is 10.0. The highest BCUT2D eigenvalue weighted by atomic mass is 15.0. The average molecular weight is 185 g/mol. The van der Waals surface area contributed by atoms with Crippen LogP contribution in [0, 0.1) is 6.92 Å². The van der Waals surface area contributed by atoms with Crippen LogP contribution in [0.3, 0.4) is 0 Å². The Morgan fingerprint density at radius 2 is 1.93 bits per heavy atom. The molecule has 0 aromatic heterocycles. The van der Waals surface area contributed by atoms with Crippen LogP contribution in [0.5, 0.6) is 0 Å². The van der Waals surface area contributed by atoms with Crippen molar-refractivity contribution in [3.05, 3.63) is 47.2 Å². The van der Waals surface area contributed by atoms with Crippen molar-refractivity contribution in [2.45, 2.75) is 6.92 Å². The van der Waals surface area contributed by atoms with Crippen LogP contribution in [-0.4, -0.2) is 19.0 Å². The highest BCUT2D eigenvalue weighted by molar-refractivity contribution is 5.89. The fourth-order valence-corrected chi connectivity index (χ4v) is 1.73. The summed E-state index contributed by atoms with van der Waals surface area (Å²) in [5, 5.41) is 0. The Morgan fingerprint density at radius 3 is 2.64 bits per heavy atom. The Balaban J connectivity index is 2.47. The van der Waals surface area contributed by atoms with E-state index in [1.54, 1.807) is 0 Å². The van der Waals surface area contributed by atoms with Crippen LogP contribution in [0.1, 0.15) is 16.7 Å². The number of hydrogen-bond acceptors (Lipinski definition) is 1. The van der Waals surface area contributed by atoms with Gasteiger partial charge in [-0.15, -0.1) is 0 Å². The zero-order valence-corrected chi connectivity index (χ0v) is 8.91. The van der Waals surface area contributed by atoms with Gasteiger partial charge in [0.1, 0.15) is 0 Å². The molecule has 72 valence electrons. The van der Waals surface area contributed by atoms with Crippen LogP contribution in [0.15, 0.2) is 30.5 Å². The second-order valence-electron chi connectivity index (χ2n) is 3.97. The maximum absolute atomic E-state index is 2.24. The Hall–Kier alpha value is -1.50. The third-order valence-electron chi connectivity index (χ3n) is 2.36. The molecule has 0 aliphatic heterocycles. The molecule has 0 saturated heterocycles. The highest BCUT2D eigenvalue weighted by Crippen LogP contribution is 2.29. The van der Waals surface area contributed by atoms with Crippen molar-refractivity contribution in [1.29, 1.82) is 0 Å². The Morgan fingerprint density at radius 1 is 1.14 bits per heavy atom. The van der Waals surface area contributed by atoms with E-state index in [4.69, 9.17) is 0 Å². The van der Waals surface area contributed by atoms with E-state index in [0.717, 1.165) is 0 Å². The minimum atomic E-state index is 1.30. The molecule has 0 fully saturated rings. The number of rotatable bonds is 1. The maximum Gasteiger partial charge on any atom is 0.00649 e. The van der Waals surface area contributed by atoms with Crippen molar-refractivity contribution in [1.82, 2.24) is 4.90 Å². The minimum Gasteiger partial charge on any atom is -0.383 e. The van der Waals surface area contributed by atoms with E-state index in [2.05, 4.69) is 62.5 Å². The molecule has 14 heavy (non-hydrogen) atoms. The van der Waals surface area contributed by atoms with Gasteiger partial charge >= 0.3 is 0 Å². The first-order valence-corrected chi connectivity index (χ1v) is 4.84. The zero-order valence-electron chi connectivity index (χ0n) is 8.91. The minimum absolute atomic E-state index is 1.30. The van der Waals surface area contributed by atoms with Crippen molar-refractivity contribution in [2.24, 2.45) is 0 Å². The Kier molecular flexibility index (Phi) is 2.16. The number of hydrogen-bond donors (Lipinski definition) is 0. The van der Waals surface area contributed by atoms with E-state index >= 15 is 0 Å². The van der Waals surface area contributed by atoms with Gasteiger partial charge in [0.15, 0.2) is 0 Å². The first-order chi connectivity index (χ1) is 6.66. The van der Waals surface area contributed by atoms with Crippen LogP contribution in [0.25, 0.3) is 11.6 Å². The monoisotopic (exact) mass is 185 g/mol. The van der Waals surface area contributed by atoms with Crippen molar-refractivity contribution >= 4 is 11.6 Å². The first-order valence-electron chi connectivity index (χ1n) is 4.84. The summed E-state index contributed by atoms with van der Waals surface area (Å²) in [7, 11) is 4.10. The summed E-state index contributed by atoms with van der Waals surface area (Å²) in [6, 6.07) is 6.57. The first kappa shape index (κ1) is 9.07. The Labute approximate surface area is 85.4 Å². The van der Waals surface area contributed by atoms with Crippen molar-refractivity contribution < 1.29 is 0 Å². The molecule has 0 heterocycles. The van der Waals surface area contributed by atoms with Gasteiger partial charge in [-0.25, -0.2) is 0 Å². The molecule has 1 heteroatoms. The molecule has 1 aromatic rings. The molecular weight excluding hydrogens is 170 g/mol. The second-order valence-corrected chi connectivity index (χ2v) is 3.97. The highest BCUT2D eigenvalue weighted by Gasteiger charge is 2.09. The largest absolute Gasteiger partial charge is 0.383 e. The summed E-state index contributed by atoms with van der Waals surface area (Å²) in [4.78, 5) is 2.08. The van der Waals surface area contributed by atoms with E-state index in [1.807, 2.05) is 0 Å². The van der Waals surface area contributed by atoms with E-state index in [0.29, 0.717) is 0 Å². The molecule has 0 amide bonds. The van der Waals surface area contributed by atoms with Gasteiger partial charge in [0, 0.05) is 20.3 Å². The van der Waals surface area contributed by atoms with E-state index in [9.17, 15) is 0 Å². The molecule has 0 unspecified atom stereocenters. The summed E-state index contributed by atoms with van der Waals surface area (Å²) < 4.78 is 0. The van der Waals surface area contributed by atoms with Crippen molar-refractivity contribution in [2.75, 3.05) is 14.1 Å². The predicted octanol–water partition coefficient (Wildman–Crippen LogP) is 2.92. The summed E-state index contributed by atoms with van der Waals surface area (Å²) in [6.45, 7) is 2.13. The normalized spacial score (nSPS) is 16.1. The third kappa shape index (κ3) is 1.58. The lowest BCUT2D eigenvalue weighted by Crippen LogP contribution is -2.01. The molecule has 0 radical (unpaired) electrons. The zero-order chi connectivity index (χ0) is 10.1. The summed E-state index contributed by atoms with van der Waals surface area (Å²) in [5.41, 5.74) is 5.29. The SMILES string of the molecule is Cc1ccc2c(c1)/C(=C/N(C)C)C=C2. The van der Waals surface area contributed by atoms with Gasteiger partial charge in [-0.05, 0) is 23.6 Å². The van der Waals surface area contributed by atoms with Gasteiger partial charge < -0.3 is 4.90 Å². The van der Waals surface area contributed by atoms with E-state index < -0.39 is 0 Å². The number of benzene rings is 1. The number of fused-ring (bicyclic) bond motifs is 1.